The summed E-state index contributed by atoms with van der Waals surface area (Å²) in [6.45, 7) is 1.76. The van der Waals surface area contributed by atoms with Gasteiger partial charge in [-0.3, -0.25) is 18.8 Å². The van der Waals surface area contributed by atoms with Crippen molar-refractivity contribution in [2.24, 2.45) is 0 Å². The molecule has 170 valence electrons. The van der Waals surface area contributed by atoms with Crippen LogP contribution in [0.25, 0.3) is 0 Å². The Morgan fingerprint density at radius 2 is 2.03 bits per heavy atom. The lowest BCUT2D eigenvalue weighted by atomic mass is 10.2. The van der Waals surface area contributed by atoms with Gasteiger partial charge in [0, 0.05) is 9.92 Å². The number of carbonyl (C=O) groups excluding carboxylic acids is 2. The standard InChI is InChI=1S/C21H21ClN2O6S2/c1-3-14-10-24(16-8-13(22)4-6-18(16)30-14)32(27,28)15-5-7-19-17(9-15)23(11-21(26)29-2)20(25)12-31-19/h4-9,14H,3,10-12H2,1-2H3/t14-/m0/s1. The van der Waals surface area contributed by atoms with Gasteiger partial charge in [-0.25, -0.2) is 8.42 Å². The Morgan fingerprint density at radius 1 is 1.25 bits per heavy atom. The molecule has 1 atom stereocenters. The van der Waals surface area contributed by atoms with Crippen molar-refractivity contribution >= 4 is 56.6 Å². The van der Waals surface area contributed by atoms with Crippen molar-refractivity contribution in [1.29, 1.82) is 0 Å². The minimum absolute atomic E-state index is 0.00379. The zero-order valence-electron chi connectivity index (χ0n) is 17.4. The van der Waals surface area contributed by atoms with Gasteiger partial charge in [0.1, 0.15) is 18.4 Å². The number of rotatable bonds is 5. The van der Waals surface area contributed by atoms with Crippen LogP contribution in [-0.2, 0) is 24.3 Å². The molecule has 2 aliphatic heterocycles. The maximum Gasteiger partial charge on any atom is 0.325 e. The molecule has 0 saturated carbocycles. The second kappa shape index (κ2) is 8.84. The smallest absolute Gasteiger partial charge is 0.325 e. The number of ether oxygens (including phenoxy) is 2. The monoisotopic (exact) mass is 496 g/mol. The van der Waals surface area contributed by atoms with Crippen LogP contribution in [0.15, 0.2) is 46.2 Å². The van der Waals surface area contributed by atoms with E-state index in [9.17, 15) is 18.0 Å². The van der Waals surface area contributed by atoms with Crippen molar-refractivity contribution in [3.8, 4) is 5.75 Å². The van der Waals surface area contributed by atoms with E-state index in [-0.39, 0.29) is 35.7 Å². The highest BCUT2D eigenvalue weighted by molar-refractivity contribution is 8.00. The van der Waals surface area contributed by atoms with E-state index in [1.54, 1.807) is 24.3 Å². The van der Waals surface area contributed by atoms with Crippen LogP contribution in [0.2, 0.25) is 5.02 Å². The first kappa shape index (κ1) is 22.8. The Balaban J connectivity index is 1.78. The van der Waals surface area contributed by atoms with E-state index in [0.717, 1.165) is 0 Å². The van der Waals surface area contributed by atoms with Crippen LogP contribution in [0, 0.1) is 0 Å². The molecule has 0 fully saturated rings. The normalized spacial score (nSPS) is 18.0. The fourth-order valence-electron chi connectivity index (χ4n) is 3.56. The molecule has 0 bridgehead atoms. The van der Waals surface area contributed by atoms with E-state index in [4.69, 9.17) is 21.1 Å². The Labute approximate surface area is 195 Å². The summed E-state index contributed by atoms with van der Waals surface area (Å²) in [7, 11) is -2.78. The Hall–Kier alpha value is -2.43. The van der Waals surface area contributed by atoms with Crippen LogP contribution in [0.5, 0.6) is 5.75 Å². The van der Waals surface area contributed by atoms with Crippen LogP contribution < -0.4 is 13.9 Å². The van der Waals surface area contributed by atoms with Gasteiger partial charge in [0.25, 0.3) is 10.0 Å². The summed E-state index contributed by atoms with van der Waals surface area (Å²) < 4.78 is 39.3. The third kappa shape index (κ3) is 4.14. The first-order valence-electron chi connectivity index (χ1n) is 9.87. The van der Waals surface area contributed by atoms with Gasteiger partial charge in [-0.2, -0.15) is 0 Å². The summed E-state index contributed by atoms with van der Waals surface area (Å²) in [5.41, 5.74) is 0.723. The van der Waals surface area contributed by atoms with Crippen molar-refractivity contribution in [3.63, 3.8) is 0 Å². The van der Waals surface area contributed by atoms with Crippen molar-refractivity contribution in [3.05, 3.63) is 41.4 Å². The second-order valence-electron chi connectivity index (χ2n) is 7.27. The molecule has 0 spiro atoms. The predicted molar refractivity (Wildman–Crippen MR) is 122 cm³/mol. The van der Waals surface area contributed by atoms with Crippen molar-refractivity contribution in [1.82, 2.24) is 0 Å². The van der Waals surface area contributed by atoms with E-state index < -0.39 is 16.0 Å². The number of amides is 1. The molecule has 0 aromatic heterocycles. The number of carbonyl (C=O) groups is 2. The summed E-state index contributed by atoms with van der Waals surface area (Å²) >= 11 is 7.43. The molecule has 2 aromatic rings. The van der Waals surface area contributed by atoms with E-state index in [2.05, 4.69) is 0 Å². The third-order valence-corrected chi connectivity index (χ3v) is 8.34. The predicted octanol–water partition coefficient (Wildman–Crippen LogP) is 3.32. The number of hydrogen-bond donors (Lipinski definition) is 0. The molecule has 0 N–H and O–H groups in total. The highest BCUT2D eigenvalue weighted by atomic mass is 35.5. The summed E-state index contributed by atoms with van der Waals surface area (Å²) in [6, 6.07) is 9.45. The number of fused-ring (bicyclic) bond motifs is 2. The lowest BCUT2D eigenvalue weighted by Gasteiger charge is -2.35. The number of benzene rings is 2. The molecule has 0 saturated heterocycles. The van der Waals surface area contributed by atoms with Crippen LogP contribution in [-0.4, -0.2) is 52.4 Å². The minimum atomic E-state index is -4.01. The molecule has 0 unspecified atom stereocenters. The van der Waals surface area contributed by atoms with Crippen LogP contribution in [0.4, 0.5) is 11.4 Å². The summed E-state index contributed by atoms with van der Waals surface area (Å²) in [6.07, 6.45) is 0.306. The van der Waals surface area contributed by atoms with Gasteiger partial charge in [0.2, 0.25) is 5.91 Å². The lowest BCUT2D eigenvalue weighted by molar-refractivity contribution is -0.139. The molecule has 11 heteroatoms. The summed E-state index contributed by atoms with van der Waals surface area (Å²) in [5.74, 6) is -0.292. The Morgan fingerprint density at radius 3 is 2.75 bits per heavy atom. The van der Waals surface area contributed by atoms with Gasteiger partial charge < -0.3 is 9.47 Å². The Kier molecular flexibility index (Phi) is 6.28. The molecule has 8 nitrogen and oxygen atoms in total. The van der Waals surface area contributed by atoms with Gasteiger partial charge in [-0.1, -0.05) is 18.5 Å². The number of methoxy groups -OCH3 is 1. The van der Waals surface area contributed by atoms with Gasteiger partial charge >= 0.3 is 5.97 Å². The molecule has 2 heterocycles. The molecule has 4 rings (SSSR count). The molecular weight excluding hydrogens is 476 g/mol. The number of esters is 1. The molecule has 32 heavy (non-hydrogen) atoms. The number of halogens is 1. The topological polar surface area (TPSA) is 93.2 Å². The number of nitrogens with zero attached hydrogens (tertiary/aromatic N) is 2. The van der Waals surface area contributed by atoms with E-state index >= 15 is 0 Å². The van der Waals surface area contributed by atoms with E-state index in [1.165, 1.54) is 40.2 Å². The van der Waals surface area contributed by atoms with Crippen molar-refractivity contribution in [2.75, 3.05) is 35.2 Å². The van der Waals surface area contributed by atoms with E-state index in [0.29, 0.717) is 33.5 Å². The highest BCUT2D eigenvalue weighted by Crippen LogP contribution is 2.41. The fraction of sp³-hybridized carbons (Fsp3) is 0.333. The largest absolute Gasteiger partial charge is 0.486 e. The number of hydrogen-bond acceptors (Lipinski definition) is 7. The van der Waals surface area contributed by atoms with Crippen molar-refractivity contribution < 1.29 is 27.5 Å². The van der Waals surface area contributed by atoms with Crippen LogP contribution in [0.1, 0.15) is 13.3 Å². The average molecular weight is 497 g/mol. The van der Waals surface area contributed by atoms with Crippen LogP contribution in [0.3, 0.4) is 0 Å². The highest BCUT2D eigenvalue weighted by Gasteiger charge is 2.36. The summed E-state index contributed by atoms with van der Waals surface area (Å²) in [4.78, 5) is 26.3. The Bertz CT molecular complexity index is 1190. The maximum atomic E-state index is 13.7. The molecule has 2 aliphatic rings. The molecule has 2 aromatic carbocycles. The lowest BCUT2D eigenvalue weighted by Crippen LogP contribution is -2.43. The number of sulfonamides is 1. The van der Waals surface area contributed by atoms with Gasteiger partial charge in [-0.05, 0) is 42.8 Å². The molecular formula is C21H21ClN2O6S2. The average Bonchev–Trinajstić information content (AvgIpc) is 2.79. The number of anilines is 2. The van der Waals surface area contributed by atoms with Crippen LogP contribution >= 0.6 is 23.4 Å². The van der Waals surface area contributed by atoms with Gasteiger partial charge in [0.05, 0.1) is 35.7 Å². The van der Waals surface area contributed by atoms with Gasteiger partial charge in [0.15, 0.2) is 0 Å². The fourth-order valence-corrected chi connectivity index (χ4v) is 6.16. The first-order chi connectivity index (χ1) is 15.2. The molecule has 0 aliphatic carbocycles. The second-order valence-corrected chi connectivity index (χ2v) is 10.6. The third-order valence-electron chi connectivity index (χ3n) is 5.28. The molecule has 1 amide bonds. The maximum absolute atomic E-state index is 13.7. The SMILES string of the molecule is CC[C@H]1CN(S(=O)(=O)c2ccc3c(c2)N(CC(=O)OC)C(=O)CS3)c2cc(Cl)ccc2O1. The first-order valence-corrected chi connectivity index (χ1v) is 12.7. The minimum Gasteiger partial charge on any atom is -0.486 e. The van der Waals surface area contributed by atoms with Crippen molar-refractivity contribution in [2.45, 2.75) is 29.2 Å². The molecule has 0 radical (unpaired) electrons. The van der Waals surface area contributed by atoms with Gasteiger partial charge in [-0.15, -0.1) is 11.8 Å². The summed E-state index contributed by atoms with van der Waals surface area (Å²) in [5, 5.41) is 0.388. The number of thioether (sulfide) groups is 1. The zero-order chi connectivity index (χ0) is 23.0. The van der Waals surface area contributed by atoms with E-state index in [1.807, 2.05) is 6.92 Å². The quantitative estimate of drug-likeness (QED) is 0.586. The zero-order valence-corrected chi connectivity index (χ0v) is 19.8.